The van der Waals surface area contributed by atoms with E-state index in [-0.39, 0.29) is 0 Å². The quantitative estimate of drug-likeness (QED) is 0.766. The van der Waals surface area contributed by atoms with Crippen LogP contribution in [-0.2, 0) is 6.54 Å². The van der Waals surface area contributed by atoms with E-state index < -0.39 is 0 Å². The highest BCUT2D eigenvalue weighted by Gasteiger charge is 2.20. The molecule has 76 valence electrons. The molecule has 0 radical (unpaired) electrons. The molecule has 1 N–H and O–H groups in total. The third-order valence-electron chi connectivity index (χ3n) is 2.25. The van der Waals surface area contributed by atoms with E-state index in [4.69, 9.17) is 0 Å². The maximum atomic E-state index is 4.42. The van der Waals surface area contributed by atoms with Crippen LogP contribution in [0.15, 0.2) is 12.3 Å². The summed E-state index contributed by atoms with van der Waals surface area (Å²) in [6, 6.07) is 2.69. The van der Waals surface area contributed by atoms with Crippen LogP contribution >= 0.6 is 0 Å². The van der Waals surface area contributed by atoms with Crippen molar-refractivity contribution in [1.82, 2.24) is 15.3 Å². The van der Waals surface area contributed by atoms with Gasteiger partial charge < -0.3 is 10.2 Å². The molecule has 2 rings (SSSR count). The van der Waals surface area contributed by atoms with E-state index in [9.17, 15) is 0 Å². The third-order valence-corrected chi connectivity index (χ3v) is 2.25. The number of nitrogens with one attached hydrogen (secondary N) is 1. The van der Waals surface area contributed by atoms with Crippen molar-refractivity contribution >= 4 is 5.95 Å². The van der Waals surface area contributed by atoms with Crippen molar-refractivity contribution in [3.05, 3.63) is 18.0 Å². The van der Waals surface area contributed by atoms with E-state index >= 15 is 0 Å². The van der Waals surface area contributed by atoms with Gasteiger partial charge in [-0.15, -0.1) is 0 Å². The Morgan fingerprint density at radius 3 is 2.93 bits per heavy atom. The second-order valence-electron chi connectivity index (χ2n) is 3.90. The Bertz CT molecular complexity index is 307. The van der Waals surface area contributed by atoms with Crippen LogP contribution in [0.1, 0.15) is 18.5 Å². The molecule has 0 unspecified atom stereocenters. The molecule has 4 heteroatoms. The van der Waals surface area contributed by atoms with Crippen molar-refractivity contribution in [3.63, 3.8) is 0 Å². The van der Waals surface area contributed by atoms with Crippen molar-refractivity contribution in [3.8, 4) is 0 Å². The van der Waals surface area contributed by atoms with E-state index in [1.807, 2.05) is 31.3 Å². The Balaban J connectivity index is 1.97. The van der Waals surface area contributed by atoms with Crippen LogP contribution in [0.3, 0.4) is 0 Å². The van der Waals surface area contributed by atoms with Crippen LogP contribution < -0.4 is 10.2 Å². The van der Waals surface area contributed by atoms with Gasteiger partial charge in [0, 0.05) is 32.9 Å². The molecule has 14 heavy (non-hydrogen) atoms. The molecule has 0 saturated heterocycles. The second-order valence-corrected chi connectivity index (χ2v) is 3.90. The first-order valence-electron chi connectivity index (χ1n) is 4.98. The van der Waals surface area contributed by atoms with Crippen molar-refractivity contribution in [2.75, 3.05) is 19.0 Å². The lowest BCUT2D eigenvalue weighted by Gasteiger charge is -2.10. The molecule has 0 aromatic carbocycles. The molecular weight excluding hydrogens is 176 g/mol. The zero-order valence-corrected chi connectivity index (χ0v) is 8.70. The predicted molar refractivity (Wildman–Crippen MR) is 56.2 cm³/mol. The van der Waals surface area contributed by atoms with Crippen LogP contribution in [0.4, 0.5) is 5.95 Å². The maximum absolute atomic E-state index is 4.42. The number of rotatable bonds is 4. The molecule has 0 atom stereocenters. The average Bonchev–Trinajstić information content (AvgIpc) is 2.99. The van der Waals surface area contributed by atoms with Gasteiger partial charge in [-0.2, -0.15) is 0 Å². The Labute approximate surface area is 84.4 Å². The molecule has 0 bridgehead atoms. The lowest BCUT2D eigenvalue weighted by atomic mass is 10.4. The summed E-state index contributed by atoms with van der Waals surface area (Å²) in [6.07, 6.45) is 4.43. The van der Waals surface area contributed by atoms with Gasteiger partial charge in [-0.1, -0.05) is 0 Å². The van der Waals surface area contributed by atoms with E-state index in [1.54, 1.807) is 0 Å². The van der Waals surface area contributed by atoms with E-state index in [2.05, 4.69) is 15.3 Å². The highest BCUT2D eigenvalue weighted by atomic mass is 15.2. The van der Waals surface area contributed by atoms with Gasteiger partial charge in [-0.05, 0) is 18.9 Å². The van der Waals surface area contributed by atoms with Crippen molar-refractivity contribution in [2.45, 2.75) is 25.4 Å². The number of hydrogen-bond acceptors (Lipinski definition) is 4. The zero-order valence-electron chi connectivity index (χ0n) is 8.70. The minimum atomic E-state index is 0.729. The first-order valence-corrected chi connectivity index (χ1v) is 4.98. The Kier molecular flexibility index (Phi) is 2.63. The molecule has 0 amide bonds. The molecular formula is C10H16N4. The SMILES string of the molecule is CN(C)c1nccc(CNC2CC2)n1. The molecule has 1 saturated carbocycles. The number of aromatic nitrogens is 2. The minimum absolute atomic E-state index is 0.729. The Hall–Kier alpha value is -1.16. The van der Waals surface area contributed by atoms with Gasteiger partial charge in [0.2, 0.25) is 5.95 Å². The fourth-order valence-corrected chi connectivity index (χ4v) is 1.23. The predicted octanol–water partition coefficient (Wildman–Crippen LogP) is 0.795. The highest BCUT2D eigenvalue weighted by molar-refractivity contribution is 5.27. The molecule has 1 aliphatic carbocycles. The molecule has 0 aliphatic heterocycles. The van der Waals surface area contributed by atoms with Crippen molar-refractivity contribution in [2.24, 2.45) is 0 Å². The molecule has 1 aromatic rings. The lowest BCUT2D eigenvalue weighted by molar-refractivity contribution is 0.672. The first kappa shape index (κ1) is 9.40. The van der Waals surface area contributed by atoms with Crippen LogP contribution in [0.5, 0.6) is 0 Å². The standard InChI is InChI=1S/C10H16N4/c1-14(2)10-11-6-5-9(13-10)7-12-8-3-4-8/h5-6,8,12H,3-4,7H2,1-2H3. The first-order chi connectivity index (χ1) is 6.75. The molecule has 1 heterocycles. The Morgan fingerprint density at radius 1 is 1.50 bits per heavy atom. The number of nitrogens with zero attached hydrogens (tertiary/aromatic N) is 3. The van der Waals surface area contributed by atoms with Crippen LogP contribution in [-0.4, -0.2) is 30.1 Å². The zero-order chi connectivity index (χ0) is 9.97. The summed E-state index contributed by atoms with van der Waals surface area (Å²) >= 11 is 0. The molecule has 0 spiro atoms. The second kappa shape index (κ2) is 3.92. The Morgan fingerprint density at radius 2 is 2.29 bits per heavy atom. The largest absolute Gasteiger partial charge is 0.347 e. The summed E-state index contributed by atoms with van der Waals surface area (Å²) < 4.78 is 0. The van der Waals surface area contributed by atoms with Gasteiger partial charge in [0.05, 0.1) is 5.69 Å². The van der Waals surface area contributed by atoms with Gasteiger partial charge >= 0.3 is 0 Å². The summed E-state index contributed by atoms with van der Waals surface area (Å²) in [5.41, 5.74) is 1.07. The fraction of sp³-hybridized carbons (Fsp3) is 0.600. The topological polar surface area (TPSA) is 41.1 Å². The van der Waals surface area contributed by atoms with Crippen molar-refractivity contribution < 1.29 is 0 Å². The summed E-state index contributed by atoms with van der Waals surface area (Å²) in [6.45, 7) is 0.855. The van der Waals surface area contributed by atoms with Crippen LogP contribution in [0, 0.1) is 0 Å². The summed E-state index contributed by atoms with van der Waals surface area (Å²) in [5, 5.41) is 3.43. The summed E-state index contributed by atoms with van der Waals surface area (Å²) in [7, 11) is 3.90. The molecule has 4 nitrogen and oxygen atoms in total. The summed E-state index contributed by atoms with van der Waals surface area (Å²) in [4.78, 5) is 10.5. The van der Waals surface area contributed by atoms with Crippen LogP contribution in [0.25, 0.3) is 0 Å². The normalized spacial score (nSPS) is 15.6. The monoisotopic (exact) mass is 192 g/mol. The molecule has 1 aromatic heterocycles. The van der Waals surface area contributed by atoms with E-state index in [0.717, 1.165) is 24.2 Å². The van der Waals surface area contributed by atoms with Gasteiger partial charge in [-0.25, -0.2) is 9.97 Å². The maximum Gasteiger partial charge on any atom is 0.225 e. The fourth-order valence-electron chi connectivity index (χ4n) is 1.23. The van der Waals surface area contributed by atoms with Gasteiger partial charge in [0.25, 0.3) is 0 Å². The minimum Gasteiger partial charge on any atom is -0.347 e. The van der Waals surface area contributed by atoms with E-state index in [1.165, 1.54) is 12.8 Å². The van der Waals surface area contributed by atoms with Gasteiger partial charge in [-0.3, -0.25) is 0 Å². The van der Waals surface area contributed by atoms with Gasteiger partial charge in [0.1, 0.15) is 0 Å². The van der Waals surface area contributed by atoms with E-state index in [0.29, 0.717) is 0 Å². The summed E-state index contributed by atoms with van der Waals surface area (Å²) in [5.74, 6) is 0.778. The molecule has 1 aliphatic rings. The van der Waals surface area contributed by atoms with Crippen LogP contribution in [0.2, 0.25) is 0 Å². The highest BCUT2D eigenvalue weighted by Crippen LogP contribution is 2.19. The third kappa shape index (κ3) is 2.42. The number of hydrogen-bond donors (Lipinski definition) is 1. The number of anilines is 1. The molecule has 1 fully saturated rings. The lowest BCUT2D eigenvalue weighted by Crippen LogP contribution is -2.18. The smallest absolute Gasteiger partial charge is 0.225 e. The van der Waals surface area contributed by atoms with Gasteiger partial charge in [0.15, 0.2) is 0 Å². The van der Waals surface area contributed by atoms with Crippen molar-refractivity contribution in [1.29, 1.82) is 0 Å². The average molecular weight is 192 g/mol.